The lowest BCUT2D eigenvalue weighted by Crippen LogP contribution is -2.17. The van der Waals surface area contributed by atoms with E-state index in [2.05, 4.69) is 28.5 Å². The Hall–Kier alpha value is -0.480. The summed E-state index contributed by atoms with van der Waals surface area (Å²) in [6.45, 7) is 2.12. The molecule has 2 rings (SSSR count). The Labute approximate surface area is 118 Å². The molecular weight excluding hydrogens is 266 g/mol. The van der Waals surface area contributed by atoms with Crippen LogP contribution in [0.3, 0.4) is 0 Å². The molecule has 1 fully saturated rings. The number of anilines is 1. The first-order valence-corrected chi connectivity index (χ1v) is 8.20. The second-order valence-electron chi connectivity index (χ2n) is 4.75. The Balaban J connectivity index is 2.00. The number of aryl methyl sites for hydroxylation is 1. The third-order valence-electron chi connectivity index (χ3n) is 3.28. The van der Waals surface area contributed by atoms with Crippen molar-refractivity contribution in [1.82, 2.24) is 9.97 Å². The number of thioether (sulfide) groups is 1. The molecule has 100 valence electrons. The van der Waals surface area contributed by atoms with Gasteiger partial charge in [-0.2, -0.15) is 11.8 Å². The van der Waals surface area contributed by atoms with Crippen LogP contribution in [0, 0.1) is 0 Å². The van der Waals surface area contributed by atoms with Gasteiger partial charge >= 0.3 is 0 Å². The summed E-state index contributed by atoms with van der Waals surface area (Å²) in [6, 6.07) is 2.36. The Bertz CT molecular complexity index is 400. The third-order valence-corrected chi connectivity index (χ3v) is 4.57. The summed E-state index contributed by atoms with van der Waals surface area (Å²) in [5.74, 6) is 1.72. The molecule has 0 radical (unpaired) electrons. The van der Waals surface area contributed by atoms with E-state index in [1.54, 1.807) is 0 Å². The van der Waals surface area contributed by atoms with E-state index < -0.39 is 0 Å². The molecule has 0 saturated heterocycles. The van der Waals surface area contributed by atoms with Crippen LogP contribution >= 0.6 is 23.4 Å². The predicted octanol–water partition coefficient (Wildman–Crippen LogP) is 3.78. The zero-order chi connectivity index (χ0) is 13.0. The van der Waals surface area contributed by atoms with Crippen LogP contribution in [0.2, 0.25) is 5.15 Å². The van der Waals surface area contributed by atoms with Crippen molar-refractivity contribution in [3.63, 3.8) is 0 Å². The van der Waals surface area contributed by atoms with Crippen molar-refractivity contribution in [2.45, 2.75) is 50.3 Å². The van der Waals surface area contributed by atoms with Crippen molar-refractivity contribution in [3.05, 3.63) is 17.0 Å². The van der Waals surface area contributed by atoms with Crippen molar-refractivity contribution in [1.29, 1.82) is 0 Å². The first-order chi connectivity index (χ1) is 8.71. The van der Waals surface area contributed by atoms with E-state index in [1.165, 1.54) is 19.3 Å². The van der Waals surface area contributed by atoms with Crippen LogP contribution in [0.15, 0.2) is 6.07 Å². The predicted molar refractivity (Wildman–Crippen MR) is 79.6 cm³/mol. The molecule has 1 N–H and O–H groups in total. The Morgan fingerprint density at radius 1 is 1.44 bits per heavy atom. The van der Waals surface area contributed by atoms with E-state index >= 15 is 0 Å². The van der Waals surface area contributed by atoms with E-state index in [4.69, 9.17) is 11.6 Å². The van der Waals surface area contributed by atoms with Crippen LogP contribution in [-0.2, 0) is 6.42 Å². The van der Waals surface area contributed by atoms with Gasteiger partial charge in [0, 0.05) is 23.8 Å². The lowest BCUT2D eigenvalue weighted by Gasteiger charge is -2.14. The minimum absolute atomic E-state index is 0.530. The maximum Gasteiger partial charge on any atom is 0.134 e. The van der Waals surface area contributed by atoms with Crippen LogP contribution in [0.5, 0.6) is 0 Å². The highest BCUT2D eigenvalue weighted by molar-refractivity contribution is 7.99. The zero-order valence-electron chi connectivity index (χ0n) is 10.9. The van der Waals surface area contributed by atoms with Gasteiger partial charge in [-0.1, -0.05) is 18.5 Å². The van der Waals surface area contributed by atoms with Crippen molar-refractivity contribution in [2.24, 2.45) is 0 Å². The summed E-state index contributed by atoms with van der Waals surface area (Å²) >= 11 is 7.99. The molecule has 0 spiro atoms. The van der Waals surface area contributed by atoms with E-state index in [-0.39, 0.29) is 0 Å². The van der Waals surface area contributed by atoms with Gasteiger partial charge in [0.2, 0.25) is 0 Å². The van der Waals surface area contributed by atoms with Crippen LogP contribution < -0.4 is 5.32 Å². The lowest BCUT2D eigenvalue weighted by molar-refractivity contribution is 0.745. The van der Waals surface area contributed by atoms with Crippen LogP contribution in [-0.4, -0.2) is 27.5 Å². The van der Waals surface area contributed by atoms with Gasteiger partial charge in [0.1, 0.15) is 16.8 Å². The summed E-state index contributed by atoms with van der Waals surface area (Å²) in [7, 11) is 0. The van der Waals surface area contributed by atoms with Gasteiger partial charge < -0.3 is 5.32 Å². The number of rotatable bonds is 5. The first kappa shape index (κ1) is 13.9. The topological polar surface area (TPSA) is 37.8 Å². The molecule has 0 bridgehead atoms. The molecule has 2 unspecified atom stereocenters. The highest BCUT2D eigenvalue weighted by Crippen LogP contribution is 2.30. The average Bonchev–Trinajstić information content (AvgIpc) is 2.76. The van der Waals surface area contributed by atoms with Crippen LogP contribution in [0.1, 0.15) is 38.4 Å². The largest absolute Gasteiger partial charge is 0.367 e. The fourth-order valence-electron chi connectivity index (χ4n) is 2.37. The highest BCUT2D eigenvalue weighted by atomic mass is 35.5. The van der Waals surface area contributed by atoms with Gasteiger partial charge in [-0.25, -0.2) is 9.97 Å². The summed E-state index contributed by atoms with van der Waals surface area (Å²) in [5.41, 5.74) is 0. The Morgan fingerprint density at radius 2 is 2.28 bits per heavy atom. The maximum atomic E-state index is 6.03. The van der Waals surface area contributed by atoms with Gasteiger partial charge in [0.05, 0.1) is 0 Å². The number of nitrogens with one attached hydrogen (secondary N) is 1. The Morgan fingerprint density at radius 3 is 2.94 bits per heavy atom. The minimum atomic E-state index is 0.530. The van der Waals surface area contributed by atoms with E-state index in [9.17, 15) is 0 Å². The smallest absolute Gasteiger partial charge is 0.134 e. The number of hydrogen-bond acceptors (Lipinski definition) is 4. The molecular formula is C13H20ClN3S. The molecule has 0 aromatic carbocycles. The fourth-order valence-corrected chi connectivity index (χ4v) is 3.37. The molecule has 3 nitrogen and oxygen atoms in total. The molecule has 2 atom stereocenters. The fraction of sp³-hybridized carbons (Fsp3) is 0.692. The number of halogens is 1. The van der Waals surface area contributed by atoms with E-state index in [0.29, 0.717) is 11.2 Å². The van der Waals surface area contributed by atoms with Gasteiger partial charge in [0.15, 0.2) is 0 Å². The van der Waals surface area contributed by atoms with Crippen molar-refractivity contribution in [3.8, 4) is 0 Å². The lowest BCUT2D eigenvalue weighted by atomic mass is 10.2. The molecule has 18 heavy (non-hydrogen) atoms. The number of aromatic nitrogens is 2. The van der Waals surface area contributed by atoms with E-state index in [0.717, 1.165) is 29.7 Å². The quantitative estimate of drug-likeness (QED) is 0.836. The standard InChI is InChI=1S/C13H20ClN3S/c1-3-4-12-16-11(14)8-13(17-12)15-9-5-6-10(7-9)18-2/h8-10H,3-7H2,1-2H3,(H,15,16,17). The molecule has 1 aliphatic carbocycles. The van der Waals surface area contributed by atoms with Crippen molar-refractivity contribution < 1.29 is 0 Å². The highest BCUT2D eigenvalue weighted by Gasteiger charge is 2.24. The summed E-state index contributed by atoms with van der Waals surface area (Å²) in [5, 5.41) is 4.82. The molecule has 0 amide bonds. The van der Waals surface area contributed by atoms with Crippen LogP contribution in [0.25, 0.3) is 0 Å². The second-order valence-corrected chi connectivity index (χ2v) is 6.28. The number of nitrogens with zero attached hydrogens (tertiary/aromatic N) is 2. The molecule has 1 heterocycles. The SMILES string of the molecule is CCCc1nc(Cl)cc(NC2CCC(SC)C2)n1. The number of hydrogen-bond donors (Lipinski definition) is 1. The minimum Gasteiger partial charge on any atom is -0.367 e. The summed E-state index contributed by atoms with van der Waals surface area (Å²) in [4.78, 5) is 8.76. The molecule has 5 heteroatoms. The summed E-state index contributed by atoms with van der Waals surface area (Å²) in [6.07, 6.45) is 7.83. The zero-order valence-corrected chi connectivity index (χ0v) is 12.5. The summed E-state index contributed by atoms with van der Waals surface area (Å²) < 4.78 is 0. The average molecular weight is 286 g/mol. The molecule has 1 saturated carbocycles. The normalized spacial score (nSPS) is 23.3. The van der Waals surface area contributed by atoms with Crippen molar-refractivity contribution in [2.75, 3.05) is 11.6 Å². The van der Waals surface area contributed by atoms with Gasteiger partial charge in [0.25, 0.3) is 0 Å². The van der Waals surface area contributed by atoms with Crippen molar-refractivity contribution >= 4 is 29.2 Å². The second kappa shape index (κ2) is 6.62. The maximum absolute atomic E-state index is 6.03. The van der Waals surface area contributed by atoms with E-state index in [1.807, 2.05) is 17.8 Å². The monoisotopic (exact) mass is 285 g/mol. The van der Waals surface area contributed by atoms with Gasteiger partial charge in [-0.05, 0) is 31.9 Å². The molecule has 1 aromatic heterocycles. The van der Waals surface area contributed by atoms with Gasteiger partial charge in [-0.3, -0.25) is 0 Å². The van der Waals surface area contributed by atoms with Gasteiger partial charge in [-0.15, -0.1) is 0 Å². The first-order valence-electron chi connectivity index (χ1n) is 6.54. The third kappa shape index (κ3) is 3.75. The molecule has 1 aromatic rings. The van der Waals surface area contributed by atoms with Crippen LogP contribution in [0.4, 0.5) is 5.82 Å². The molecule has 0 aliphatic heterocycles. The Kier molecular flexibility index (Phi) is 5.13. The molecule has 1 aliphatic rings.